The Labute approximate surface area is 128 Å². The lowest BCUT2D eigenvalue weighted by Crippen LogP contribution is -2.12. The van der Waals surface area contributed by atoms with Crippen molar-refractivity contribution in [1.82, 2.24) is 0 Å². The molecule has 0 aliphatic rings. The van der Waals surface area contributed by atoms with E-state index in [4.69, 9.17) is 14.2 Å². The first-order valence-electron chi connectivity index (χ1n) is 6.57. The third-order valence-corrected chi connectivity index (χ3v) is 3.09. The van der Waals surface area contributed by atoms with Crippen LogP contribution in [0.5, 0.6) is 11.5 Å². The Morgan fingerprint density at radius 3 is 2.23 bits per heavy atom. The van der Waals surface area contributed by atoms with E-state index in [1.165, 1.54) is 14.2 Å². The van der Waals surface area contributed by atoms with Gasteiger partial charge in [-0.2, -0.15) is 5.26 Å². The van der Waals surface area contributed by atoms with E-state index < -0.39 is 12.1 Å². The maximum atomic E-state index is 12.3. The number of benzene rings is 2. The van der Waals surface area contributed by atoms with Crippen molar-refractivity contribution in [2.24, 2.45) is 0 Å². The van der Waals surface area contributed by atoms with Gasteiger partial charge in [0.25, 0.3) is 0 Å². The molecule has 5 heteroatoms. The average molecular weight is 297 g/mol. The van der Waals surface area contributed by atoms with E-state index in [1.807, 2.05) is 6.07 Å². The molecule has 5 nitrogen and oxygen atoms in total. The summed E-state index contributed by atoms with van der Waals surface area (Å²) in [6.45, 7) is 0. The third kappa shape index (κ3) is 3.18. The molecule has 0 fully saturated rings. The molecule has 0 radical (unpaired) electrons. The van der Waals surface area contributed by atoms with Gasteiger partial charge in [0, 0.05) is 5.56 Å². The summed E-state index contributed by atoms with van der Waals surface area (Å²) in [7, 11) is 2.96. The number of hydrogen-bond acceptors (Lipinski definition) is 5. The molecule has 0 aliphatic carbocycles. The minimum absolute atomic E-state index is 0.264. The third-order valence-electron chi connectivity index (χ3n) is 3.09. The highest BCUT2D eigenvalue weighted by molar-refractivity contribution is 5.92. The molecule has 0 spiro atoms. The number of hydrogen-bond donors (Lipinski definition) is 0. The van der Waals surface area contributed by atoms with E-state index in [0.29, 0.717) is 17.1 Å². The van der Waals surface area contributed by atoms with Crippen LogP contribution in [-0.2, 0) is 4.74 Å². The molecule has 0 amide bonds. The van der Waals surface area contributed by atoms with Crippen LogP contribution in [0.15, 0.2) is 48.5 Å². The number of para-hydroxylation sites is 2. The predicted octanol–water partition coefficient (Wildman–Crippen LogP) is 3.13. The lowest BCUT2D eigenvalue weighted by Gasteiger charge is -2.15. The van der Waals surface area contributed by atoms with E-state index in [1.54, 1.807) is 48.5 Å². The minimum atomic E-state index is -1.06. The number of rotatable bonds is 5. The molecule has 1 unspecified atom stereocenters. The van der Waals surface area contributed by atoms with E-state index in [-0.39, 0.29) is 5.56 Å². The van der Waals surface area contributed by atoms with Gasteiger partial charge in [0.05, 0.1) is 14.2 Å². The van der Waals surface area contributed by atoms with E-state index in [2.05, 4.69) is 0 Å². The van der Waals surface area contributed by atoms with Gasteiger partial charge in [-0.1, -0.05) is 30.3 Å². The number of nitrogens with zero attached hydrogens (tertiary/aromatic N) is 1. The monoisotopic (exact) mass is 297 g/mol. The summed E-state index contributed by atoms with van der Waals surface area (Å²) in [6, 6.07) is 15.6. The SMILES string of the molecule is COc1ccccc1C(=O)OC(C#N)c1ccccc1OC. The molecule has 2 aromatic rings. The largest absolute Gasteiger partial charge is 0.496 e. The van der Waals surface area contributed by atoms with Crippen LogP contribution >= 0.6 is 0 Å². The first-order valence-corrected chi connectivity index (χ1v) is 6.57. The zero-order valence-corrected chi connectivity index (χ0v) is 12.3. The Balaban J connectivity index is 2.27. The van der Waals surface area contributed by atoms with E-state index in [9.17, 15) is 10.1 Å². The van der Waals surface area contributed by atoms with Crippen molar-refractivity contribution >= 4 is 5.97 Å². The molecular weight excluding hydrogens is 282 g/mol. The smallest absolute Gasteiger partial charge is 0.343 e. The van der Waals surface area contributed by atoms with Crippen molar-refractivity contribution in [2.45, 2.75) is 6.10 Å². The van der Waals surface area contributed by atoms with Crippen LogP contribution in [0.3, 0.4) is 0 Å². The molecule has 0 heterocycles. The topological polar surface area (TPSA) is 68.5 Å². The molecule has 0 aromatic heterocycles. The molecule has 0 saturated heterocycles. The van der Waals surface area contributed by atoms with Gasteiger partial charge in [-0.25, -0.2) is 4.79 Å². The normalized spacial score (nSPS) is 11.1. The lowest BCUT2D eigenvalue weighted by molar-refractivity contribution is 0.0397. The highest BCUT2D eigenvalue weighted by atomic mass is 16.5. The molecule has 22 heavy (non-hydrogen) atoms. The van der Waals surface area contributed by atoms with Crippen LogP contribution in [0.1, 0.15) is 22.0 Å². The second kappa shape index (κ2) is 7.14. The summed E-state index contributed by atoms with van der Waals surface area (Å²) in [5, 5.41) is 9.31. The fourth-order valence-electron chi connectivity index (χ4n) is 2.03. The van der Waals surface area contributed by atoms with Gasteiger partial charge in [0.15, 0.2) is 0 Å². The molecular formula is C17H15NO4. The van der Waals surface area contributed by atoms with Crippen LogP contribution in [-0.4, -0.2) is 20.2 Å². The van der Waals surface area contributed by atoms with Crippen molar-refractivity contribution in [3.63, 3.8) is 0 Å². The van der Waals surface area contributed by atoms with Crippen molar-refractivity contribution in [3.8, 4) is 17.6 Å². The predicted molar refractivity (Wildman–Crippen MR) is 79.8 cm³/mol. The number of carbonyl (C=O) groups is 1. The van der Waals surface area contributed by atoms with Gasteiger partial charge in [-0.15, -0.1) is 0 Å². The molecule has 2 aromatic carbocycles. The maximum Gasteiger partial charge on any atom is 0.343 e. The number of ether oxygens (including phenoxy) is 3. The Morgan fingerprint density at radius 2 is 1.59 bits per heavy atom. The van der Waals surface area contributed by atoms with Crippen molar-refractivity contribution in [1.29, 1.82) is 5.26 Å². The zero-order valence-electron chi connectivity index (χ0n) is 12.3. The van der Waals surface area contributed by atoms with Crippen molar-refractivity contribution in [2.75, 3.05) is 14.2 Å². The highest BCUT2D eigenvalue weighted by Gasteiger charge is 2.22. The Bertz CT molecular complexity index is 706. The number of esters is 1. The number of methoxy groups -OCH3 is 2. The van der Waals surface area contributed by atoms with Crippen LogP contribution in [0.25, 0.3) is 0 Å². The molecule has 0 N–H and O–H groups in total. The molecule has 0 bridgehead atoms. The van der Waals surface area contributed by atoms with Crippen LogP contribution in [0.2, 0.25) is 0 Å². The molecule has 1 atom stereocenters. The summed E-state index contributed by atoms with van der Waals surface area (Å²) in [5.74, 6) is 0.251. The first-order chi connectivity index (χ1) is 10.7. The second-order valence-electron chi connectivity index (χ2n) is 4.36. The van der Waals surface area contributed by atoms with Gasteiger partial charge in [0.2, 0.25) is 6.10 Å². The zero-order chi connectivity index (χ0) is 15.9. The molecule has 112 valence electrons. The molecule has 2 rings (SSSR count). The summed E-state index contributed by atoms with van der Waals surface area (Å²) in [4.78, 5) is 12.3. The maximum absolute atomic E-state index is 12.3. The van der Waals surface area contributed by atoms with Crippen LogP contribution in [0.4, 0.5) is 0 Å². The summed E-state index contributed by atoms with van der Waals surface area (Å²) >= 11 is 0. The van der Waals surface area contributed by atoms with Crippen LogP contribution < -0.4 is 9.47 Å². The van der Waals surface area contributed by atoms with Gasteiger partial charge < -0.3 is 14.2 Å². The van der Waals surface area contributed by atoms with E-state index in [0.717, 1.165) is 0 Å². The summed E-state index contributed by atoms with van der Waals surface area (Å²) in [5.41, 5.74) is 0.760. The van der Waals surface area contributed by atoms with Crippen molar-refractivity contribution in [3.05, 3.63) is 59.7 Å². The summed E-state index contributed by atoms with van der Waals surface area (Å²) in [6.07, 6.45) is -1.06. The fourth-order valence-corrected chi connectivity index (χ4v) is 2.03. The first kappa shape index (κ1) is 15.4. The Kier molecular flexibility index (Phi) is 4.99. The number of carbonyl (C=O) groups excluding carboxylic acids is 1. The van der Waals surface area contributed by atoms with Gasteiger partial charge in [-0.3, -0.25) is 0 Å². The quantitative estimate of drug-likeness (QED) is 0.793. The van der Waals surface area contributed by atoms with Gasteiger partial charge in [0.1, 0.15) is 23.1 Å². The summed E-state index contributed by atoms with van der Waals surface area (Å²) < 4.78 is 15.6. The Morgan fingerprint density at radius 1 is 1.00 bits per heavy atom. The van der Waals surface area contributed by atoms with Gasteiger partial charge in [-0.05, 0) is 18.2 Å². The average Bonchev–Trinajstić information content (AvgIpc) is 2.59. The Hall–Kier alpha value is -3.00. The minimum Gasteiger partial charge on any atom is -0.496 e. The molecule has 0 saturated carbocycles. The lowest BCUT2D eigenvalue weighted by atomic mass is 10.1. The highest BCUT2D eigenvalue weighted by Crippen LogP contribution is 2.29. The van der Waals surface area contributed by atoms with Crippen molar-refractivity contribution < 1.29 is 19.0 Å². The second-order valence-corrected chi connectivity index (χ2v) is 4.36. The van der Waals surface area contributed by atoms with E-state index >= 15 is 0 Å². The fraction of sp³-hybridized carbons (Fsp3) is 0.176. The van der Waals surface area contributed by atoms with Crippen LogP contribution in [0, 0.1) is 11.3 Å². The number of nitriles is 1. The molecule has 0 aliphatic heterocycles. The standard InChI is InChI=1S/C17H15NO4/c1-20-14-9-5-3-7-12(14)16(11-18)22-17(19)13-8-4-6-10-15(13)21-2/h3-10,16H,1-2H3. The van der Waals surface area contributed by atoms with Gasteiger partial charge >= 0.3 is 5.97 Å².